The standard InChI is InChI=1S/C16H33N3O2.HI/c1-5-6-7-8-14(2)19-15(17-3)18-13-16(20-4)9-11-21-12-10-16;/h14H,5-13H2,1-4H3,(H2,17,18,19);1H. The van der Waals surface area contributed by atoms with Gasteiger partial charge in [0.1, 0.15) is 0 Å². The maximum absolute atomic E-state index is 5.73. The molecule has 1 fully saturated rings. The van der Waals surface area contributed by atoms with E-state index in [2.05, 4.69) is 29.5 Å². The van der Waals surface area contributed by atoms with Gasteiger partial charge in [0.25, 0.3) is 0 Å². The highest BCUT2D eigenvalue weighted by atomic mass is 127. The van der Waals surface area contributed by atoms with Crippen molar-refractivity contribution in [3.8, 4) is 0 Å². The molecular formula is C16H34IN3O2. The van der Waals surface area contributed by atoms with Crippen LogP contribution in [-0.4, -0.2) is 51.5 Å². The van der Waals surface area contributed by atoms with Gasteiger partial charge in [-0.25, -0.2) is 0 Å². The second-order valence-electron chi connectivity index (χ2n) is 5.97. The smallest absolute Gasteiger partial charge is 0.191 e. The lowest BCUT2D eigenvalue weighted by molar-refractivity contribution is -0.0855. The Labute approximate surface area is 153 Å². The minimum Gasteiger partial charge on any atom is -0.381 e. The van der Waals surface area contributed by atoms with Gasteiger partial charge in [0.05, 0.1) is 5.60 Å². The Balaban J connectivity index is 0.00000441. The molecule has 132 valence electrons. The molecule has 0 aliphatic carbocycles. The molecule has 0 aromatic carbocycles. The van der Waals surface area contributed by atoms with Crippen molar-refractivity contribution in [2.75, 3.05) is 33.9 Å². The molecule has 0 bridgehead atoms. The maximum atomic E-state index is 5.73. The van der Waals surface area contributed by atoms with Crippen molar-refractivity contribution < 1.29 is 9.47 Å². The second kappa shape index (κ2) is 12.4. The van der Waals surface area contributed by atoms with Crippen LogP contribution in [0.2, 0.25) is 0 Å². The van der Waals surface area contributed by atoms with E-state index < -0.39 is 0 Å². The zero-order valence-electron chi connectivity index (χ0n) is 14.6. The van der Waals surface area contributed by atoms with Crippen molar-refractivity contribution >= 4 is 29.9 Å². The van der Waals surface area contributed by atoms with E-state index in [1.165, 1.54) is 25.7 Å². The largest absolute Gasteiger partial charge is 0.381 e. The third-order valence-corrected chi connectivity index (χ3v) is 4.26. The topological polar surface area (TPSA) is 54.9 Å². The molecule has 1 heterocycles. The molecule has 1 unspecified atom stereocenters. The van der Waals surface area contributed by atoms with Crippen LogP contribution in [0.4, 0.5) is 0 Å². The minimum absolute atomic E-state index is 0. The lowest BCUT2D eigenvalue weighted by Gasteiger charge is -2.36. The zero-order valence-corrected chi connectivity index (χ0v) is 16.9. The predicted octanol–water partition coefficient (Wildman–Crippen LogP) is 2.93. The van der Waals surface area contributed by atoms with Gasteiger partial charge in [-0.05, 0) is 13.3 Å². The summed E-state index contributed by atoms with van der Waals surface area (Å²) in [6.07, 6.45) is 6.86. The van der Waals surface area contributed by atoms with Gasteiger partial charge in [-0.2, -0.15) is 0 Å². The summed E-state index contributed by atoms with van der Waals surface area (Å²) in [6, 6.07) is 0.441. The van der Waals surface area contributed by atoms with Crippen molar-refractivity contribution in [2.24, 2.45) is 4.99 Å². The molecule has 1 rings (SSSR count). The summed E-state index contributed by atoms with van der Waals surface area (Å²) in [6.45, 7) is 6.76. The SMILES string of the molecule is CCCCCC(C)NC(=NC)NCC1(OC)CCOCC1.I. The molecule has 1 saturated heterocycles. The van der Waals surface area contributed by atoms with E-state index >= 15 is 0 Å². The molecule has 2 N–H and O–H groups in total. The molecule has 1 atom stereocenters. The second-order valence-corrected chi connectivity index (χ2v) is 5.97. The number of guanidine groups is 1. The number of nitrogens with zero attached hydrogens (tertiary/aromatic N) is 1. The highest BCUT2D eigenvalue weighted by Crippen LogP contribution is 2.23. The molecule has 0 saturated carbocycles. The van der Waals surface area contributed by atoms with Gasteiger partial charge in [-0.3, -0.25) is 4.99 Å². The number of halogens is 1. The number of aliphatic imine (C=N–C) groups is 1. The number of hydrogen-bond donors (Lipinski definition) is 2. The molecule has 1 aliphatic rings. The Morgan fingerprint density at radius 2 is 2.00 bits per heavy atom. The number of ether oxygens (including phenoxy) is 2. The van der Waals surface area contributed by atoms with Crippen LogP contribution >= 0.6 is 24.0 Å². The third-order valence-electron chi connectivity index (χ3n) is 4.26. The highest BCUT2D eigenvalue weighted by molar-refractivity contribution is 14.0. The molecule has 22 heavy (non-hydrogen) atoms. The Morgan fingerprint density at radius 3 is 2.55 bits per heavy atom. The van der Waals surface area contributed by atoms with Crippen molar-refractivity contribution in [1.29, 1.82) is 0 Å². The summed E-state index contributed by atoms with van der Waals surface area (Å²) < 4.78 is 11.2. The van der Waals surface area contributed by atoms with E-state index in [-0.39, 0.29) is 29.6 Å². The number of rotatable bonds is 8. The fraction of sp³-hybridized carbons (Fsp3) is 0.938. The van der Waals surface area contributed by atoms with Crippen LogP contribution in [-0.2, 0) is 9.47 Å². The van der Waals surface area contributed by atoms with E-state index in [4.69, 9.17) is 9.47 Å². The van der Waals surface area contributed by atoms with Gasteiger partial charge in [0, 0.05) is 52.8 Å². The summed E-state index contributed by atoms with van der Waals surface area (Å²) in [4.78, 5) is 4.31. The van der Waals surface area contributed by atoms with Crippen LogP contribution in [0.25, 0.3) is 0 Å². The molecule has 6 heteroatoms. The lowest BCUT2D eigenvalue weighted by atomic mass is 9.94. The van der Waals surface area contributed by atoms with E-state index in [0.717, 1.165) is 38.6 Å². The van der Waals surface area contributed by atoms with E-state index in [1.807, 2.05) is 7.05 Å². The average molecular weight is 427 g/mol. The molecule has 0 spiro atoms. The summed E-state index contributed by atoms with van der Waals surface area (Å²) >= 11 is 0. The molecule has 0 amide bonds. The predicted molar refractivity (Wildman–Crippen MR) is 103 cm³/mol. The van der Waals surface area contributed by atoms with E-state index in [0.29, 0.717) is 6.04 Å². The first-order valence-corrected chi connectivity index (χ1v) is 8.26. The van der Waals surface area contributed by atoms with Gasteiger partial charge in [-0.15, -0.1) is 24.0 Å². The van der Waals surface area contributed by atoms with Crippen molar-refractivity contribution in [2.45, 2.75) is 64.0 Å². The molecule has 0 aromatic rings. The van der Waals surface area contributed by atoms with Crippen LogP contribution in [0.3, 0.4) is 0 Å². The highest BCUT2D eigenvalue weighted by Gasteiger charge is 2.32. The van der Waals surface area contributed by atoms with Gasteiger partial charge >= 0.3 is 0 Å². The fourth-order valence-corrected chi connectivity index (χ4v) is 2.64. The quantitative estimate of drug-likeness (QED) is 0.271. The molecule has 5 nitrogen and oxygen atoms in total. The van der Waals surface area contributed by atoms with Gasteiger partial charge in [0.2, 0.25) is 0 Å². The number of unbranched alkanes of at least 4 members (excludes halogenated alkanes) is 2. The van der Waals surface area contributed by atoms with Crippen LogP contribution in [0.15, 0.2) is 4.99 Å². The average Bonchev–Trinajstić information content (AvgIpc) is 2.52. The van der Waals surface area contributed by atoms with Crippen LogP contribution < -0.4 is 10.6 Å². The van der Waals surface area contributed by atoms with Crippen molar-refractivity contribution in [1.82, 2.24) is 10.6 Å². The van der Waals surface area contributed by atoms with Crippen LogP contribution in [0.5, 0.6) is 0 Å². The number of nitrogens with one attached hydrogen (secondary N) is 2. The maximum Gasteiger partial charge on any atom is 0.191 e. The van der Waals surface area contributed by atoms with E-state index in [1.54, 1.807) is 7.11 Å². The van der Waals surface area contributed by atoms with Gasteiger partial charge < -0.3 is 20.1 Å². The first-order valence-electron chi connectivity index (χ1n) is 8.26. The zero-order chi connectivity index (χ0) is 15.6. The fourth-order valence-electron chi connectivity index (χ4n) is 2.64. The molecule has 0 aromatic heterocycles. The minimum atomic E-state index is -0.124. The van der Waals surface area contributed by atoms with Crippen molar-refractivity contribution in [3.63, 3.8) is 0 Å². The number of hydrogen-bond acceptors (Lipinski definition) is 3. The Bertz CT molecular complexity index is 308. The molecular weight excluding hydrogens is 393 g/mol. The number of methoxy groups -OCH3 is 1. The molecule has 1 aliphatic heterocycles. The van der Waals surface area contributed by atoms with Crippen LogP contribution in [0.1, 0.15) is 52.4 Å². The Morgan fingerprint density at radius 1 is 1.32 bits per heavy atom. The summed E-state index contributed by atoms with van der Waals surface area (Å²) in [5, 5.41) is 6.87. The molecule has 0 radical (unpaired) electrons. The van der Waals surface area contributed by atoms with Gasteiger partial charge in [-0.1, -0.05) is 26.2 Å². The van der Waals surface area contributed by atoms with Crippen molar-refractivity contribution in [3.05, 3.63) is 0 Å². The lowest BCUT2D eigenvalue weighted by Crippen LogP contribution is -2.52. The third kappa shape index (κ3) is 7.97. The normalized spacial score (nSPS) is 19.2. The summed E-state index contributed by atoms with van der Waals surface area (Å²) in [7, 11) is 3.61. The summed E-state index contributed by atoms with van der Waals surface area (Å²) in [5.74, 6) is 0.863. The monoisotopic (exact) mass is 427 g/mol. The first-order chi connectivity index (χ1) is 10.2. The van der Waals surface area contributed by atoms with Crippen LogP contribution in [0, 0.1) is 0 Å². The summed E-state index contributed by atoms with van der Waals surface area (Å²) in [5.41, 5.74) is -0.124. The Kier molecular flexibility index (Phi) is 12.3. The Hall–Kier alpha value is -0.0800. The van der Waals surface area contributed by atoms with Gasteiger partial charge in [0.15, 0.2) is 5.96 Å². The first kappa shape index (κ1) is 21.9. The van der Waals surface area contributed by atoms with E-state index in [9.17, 15) is 0 Å².